The molecule has 3 aromatic carbocycles. The number of nitrogens with zero attached hydrogens (tertiary/aromatic N) is 1. The van der Waals surface area contributed by atoms with E-state index in [4.69, 9.17) is 4.74 Å². The van der Waals surface area contributed by atoms with Crippen LogP contribution in [0.1, 0.15) is 32.1 Å². The minimum atomic E-state index is -3.44. The molecule has 1 aliphatic carbocycles. The van der Waals surface area contributed by atoms with E-state index in [1.54, 1.807) is 7.11 Å². The van der Waals surface area contributed by atoms with Crippen molar-refractivity contribution in [1.29, 1.82) is 5.26 Å². The monoisotopic (exact) mass is 543 g/mol. The Kier molecular flexibility index (Phi) is 8.29. The Balaban J connectivity index is 1.79. The number of hydrogen-bond acceptors (Lipinski definition) is 2. The first-order valence-electron chi connectivity index (χ1n) is 12.1. The van der Waals surface area contributed by atoms with E-state index in [1.165, 1.54) is 29.2 Å². The molecule has 0 N–H and O–H groups in total. The van der Waals surface area contributed by atoms with E-state index in [2.05, 4.69) is 97.1 Å². The van der Waals surface area contributed by atoms with Crippen LogP contribution in [0, 0.1) is 23.2 Å². The molecular weight excluding hydrogens is 509 g/mol. The quantitative estimate of drug-likeness (QED) is 0.282. The topological polar surface area (TPSA) is 33.0 Å². The summed E-state index contributed by atoms with van der Waals surface area (Å²) < 4.78 is 10.7. The fourth-order valence-corrected chi connectivity index (χ4v) is 19.8. The van der Waals surface area contributed by atoms with E-state index >= 15 is 0 Å². The van der Waals surface area contributed by atoms with Crippen molar-refractivity contribution in [3.8, 4) is 6.07 Å². The van der Waals surface area contributed by atoms with Gasteiger partial charge in [0.05, 0.1) is 0 Å². The molecule has 2 atom stereocenters. The number of ether oxygens (including phenoxy) is 1. The van der Waals surface area contributed by atoms with Crippen molar-refractivity contribution < 1.29 is 4.74 Å². The van der Waals surface area contributed by atoms with Gasteiger partial charge in [0.25, 0.3) is 0 Å². The summed E-state index contributed by atoms with van der Waals surface area (Å²) in [5.41, 5.74) is 1.39. The van der Waals surface area contributed by atoms with E-state index in [1.807, 2.05) is 6.26 Å². The number of rotatable bonds is 8. The summed E-state index contributed by atoms with van der Waals surface area (Å²) in [4.78, 5) is 0. The van der Waals surface area contributed by atoms with Crippen LogP contribution in [0.25, 0.3) is 0 Å². The molecule has 1 saturated carbocycles. The molecule has 3 aromatic rings. The first kappa shape index (κ1) is 23.6. The predicted octanol–water partition coefficient (Wildman–Crippen LogP) is 5.41. The van der Waals surface area contributed by atoms with Gasteiger partial charge in [0.15, 0.2) is 0 Å². The van der Waals surface area contributed by atoms with Crippen molar-refractivity contribution in [2.24, 2.45) is 11.8 Å². The number of benzene rings is 3. The van der Waals surface area contributed by atoms with Gasteiger partial charge < -0.3 is 0 Å². The van der Waals surface area contributed by atoms with Crippen LogP contribution in [0.5, 0.6) is 0 Å². The molecule has 0 bridgehead atoms. The second-order valence-electron chi connectivity index (χ2n) is 9.14. The first-order chi connectivity index (χ1) is 16.3. The molecule has 0 amide bonds. The molecule has 1 aliphatic rings. The zero-order valence-electron chi connectivity index (χ0n) is 19.5. The summed E-state index contributed by atoms with van der Waals surface area (Å²) in [6.07, 6.45) is 7.61. The summed E-state index contributed by atoms with van der Waals surface area (Å²) in [5.74, 6) is 0.472. The number of hydrogen-bond donors (Lipinski definition) is 0. The number of nitriles is 1. The van der Waals surface area contributed by atoms with Gasteiger partial charge in [-0.1, -0.05) is 0 Å². The van der Waals surface area contributed by atoms with Crippen molar-refractivity contribution in [3.63, 3.8) is 0 Å². The van der Waals surface area contributed by atoms with Gasteiger partial charge in [-0.05, 0) is 0 Å². The van der Waals surface area contributed by atoms with E-state index in [0.29, 0.717) is 5.92 Å². The standard InChI is InChI=1S/C12H18NO.3C6H5.Sn/c1-10(8-13)7-11-5-3-4-6-12(11)9-14-2;3*1-2-4-6-5-3-1;/h9-11H,1,3-7H2,2H3;3*1-5H;/b12-9-;;;;. The summed E-state index contributed by atoms with van der Waals surface area (Å²) >= 11 is -3.44. The normalized spacial score (nSPS) is 18.4. The third-order valence-electron chi connectivity index (χ3n) is 7.17. The molecular formula is C30H33NOSn. The first-order valence-corrected chi connectivity index (χ1v) is 18.4. The van der Waals surface area contributed by atoms with Crippen LogP contribution in [0.4, 0.5) is 0 Å². The number of methoxy groups -OCH3 is 1. The molecule has 2 nitrogen and oxygen atoms in total. The third-order valence-corrected chi connectivity index (χ3v) is 21.6. The van der Waals surface area contributed by atoms with Gasteiger partial charge in [-0.25, -0.2) is 0 Å². The Hall–Kier alpha value is -2.51. The second kappa shape index (κ2) is 11.6. The van der Waals surface area contributed by atoms with E-state index < -0.39 is 18.4 Å². The van der Waals surface area contributed by atoms with E-state index in [9.17, 15) is 5.26 Å². The summed E-state index contributed by atoms with van der Waals surface area (Å²) in [6, 6.07) is 35.9. The third kappa shape index (κ3) is 5.36. The second-order valence-corrected chi connectivity index (χ2v) is 20.4. The zero-order valence-corrected chi connectivity index (χ0v) is 22.3. The van der Waals surface area contributed by atoms with Gasteiger partial charge >= 0.3 is 204 Å². The Labute approximate surface area is 202 Å². The summed E-state index contributed by atoms with van der Waals surface area (Å²) in [7, 11) is 1.74. The Morgan fingerprint density at radius 2 is 1.39 bits per heavy atom. The van der Waals surface area contributed by atoms with Crippen molar-refractivity contribution in [1.82, 2.24) is 0 Å². The average Bonchev–Trinajstić information content (AvgIpc) is 2.89. The molecule has 0 spiro atoms. The van der Waals surface area contributed by atoms with E-state index in [-0.39, 0.29) is 5.92 Å². The van der Waals surface area contributed by atoms with Crippen LogP contribution in [0.2, 0.25) is 4.44 Å². The van der Waals surface area contributed by atoms with Crippen molar-refractivity contribution in [2.75, 3.05) is 7.11 Å². The molecule has 4 rings (SSSR count). The van der Waals surface area contributed by atoms with Crippen LogP contribution in [0.15, 0.2) is 103 Å². The Morgan fingerprint density at radius 3 is 1.85 bits per heavy atom. The predicted molar refractivity (Wildman–Crippen MR) is 140 cm³/mol. The van der Waals surface area contributed by atoms with Gasteiger partial charge in [-0.2, -0.15) is 0 Å². The molecule has 0 aromatic heterocycles. The molecule has 168 valence electrons. The van der Waals surface area contributed by atoms with Gasteiger partial charge in [-0.3, -0.25) is 0 Å². The maximum atomic E-state index is 10.4. The van der Waals surface area contributed by atoms with Gasteiger partial charge in [-0.15, -0.1) is 0 Å². The average molecular weight is 542 g/mol. The van der Waals surface area contributed by atoms with Crippen molar-refractivity contribution in [3.05, 3.63) is 103 Å². The molecule has 0 aliphatic heterocycles. The van der Waals surface area contributed by atoms with E-state index in [0.717, 1.165) is 23.7 Å². The molecule has 0 radical (unpaired) electrons. The van der Waals surface area contributed by atoms with Crippen LogP contribution in [-0.2, 0) is 4.74 Å². The summed E-state index contributed by atoms with van der Waals surface area (Å²) in [5, 5.41) is 10.4. The number of allylic oxidation sites excluding steroid dienone is 1. The molecule has 0 heterocycles. The molecule has 33 heavy (non-hydrogen) atoms. The fraction of sp³-hybridized carbons (Fsp3) is 0.300. The summed E-state index contributed by atoms with van der Waals surface area (Å²) in [6.45, 7) is 0. The molecule has 2 unspecified atom stereocenters. The fourth-order valence-electron chi connectivity index (χ4n) is 5.60. The zero-order chi connectivity index (χ0) is 22.9. The van der Waals surface area contributed by atoms with Crippen LogP contribution in [-0.4, -0.2) is 25.5 Å². The van der Waals surface area contributed by atoms with Crippen molar-refractivity contribution >= 4 is 29.1 Å². The van der Waals surface area contributed by atoms with Crippen molar-refractivity contribution in [2.45, 2.75) is 36.5 Å². The Morgan fingerprint density at radius 1 is 0.879 bits per heavy atom. The maximum absolute atomic E-state index is 10.4. The van der Waals surface area contributed by atoms with Crippen LogP contribution >= 0.6 is 0 Å². The SMILES string of the molecule is CO/C=C1/CCCCC1CC(C#N)[CH2][Sn]([c]1ccccc1)([c]1ccccc1)[c]1ccccc1. The molecule has 3 heteroatoms. The van der Waals surface area contributed by atoms with Crippen LogP contribution in [0.3, 0.4) is 0 Å². The van der Waals surface area contributed by atoms with Gasteiger partial charge in [0.1, 0.15) is 0 Å². The van der Waals surface area contributed by atoms with Gasteiger partial charge in [0.2, 0.25) is 0 Å². The molecule has 1 fully saturated rings. The molecule has 0 saturated heterocycles. The van der Waals surface area contributed by atoms with Crippen LogP contribution < -0.4 is 10.7 Å². The minimum absolute atomic E-state index is 0.0183. The Bertz CT molecular complexity index is 976. The van der Waals surface area contributed by atoms with Gasteiger partial charge in [0, 0.05) is 0 Å².